The Balaban J connectivity index is 1.40. The predicted molar refractivity (Wildman–Crippen MR) is 103 cm³/mol. The van der Waals surface area contributed by atoms with Crippen molar-refractivity contribution in [3.8, 4) is 18.1 Å². The number of benzene rings is 1. The number of fused-ring (bicyclic) bond motifs is 1. The quantitative estimate of drug-likeness (QED) is 0.599. The molecule has 0 radical (unpaired) electrons. The molecule has 1 N–H and O–H groups in total. The number of terminal acetylenes is 1. The van der Waals surface area contributed by atoms with Crippen molar-refractivity contribution in [1.29, 1.82) is 0 Å². The van der Waals surface area contributed by atoms with Gasteiger partial charge in [0, 0.05) is 11.8 Å². The topological polar surface area (TPSA) is 109 Å². The summed E-state index contributed by atoms with van der Waals surface area (Å²) in [6, 6.07) is 5.48. The fraction of sp³-hybridized carbons (Fsp3) is 0.368. The number of aromatic amines is 1. The first kappa shape index (κ1) is 19.7. The lowest BCUT2D eigenvalue weighted by Gasteiger charge is -2.26. The summed E-state index contributed by atoms with van der Waals surface area (Å²) < 4.78 is 36.0. The number of phosphoric acid groups is 1. The Labute approximate surface area is 166 Å². The summed E-state index contributed by atoms with van der Waals surface area (Å²) in [6.07, 6.45) is 6.59. The third-order valence-electron chi connectivity index (χ3n) is 4.74. The fourth-order valence-electron chi connectivity index (χ4n) is 3.26. The van der Waals surface area contributed by atoms with E-state index in [9.17, 15) is 14.2 Å². The molecule has 0 aliphatic carbocycles. The molecule has 0 spiro atoms. The van der Waals surface area contributed by atoms with Crippen LogP contribution < -0.4 is 15.8 Å². The lowest BCUT2D eigenvalue weighted by molar-refractivity contribution is -0.0264. The van der Waals surface area contributed by atoms with Crippen LogP contribution in [-0.4, -0.2) is 22.3 Å². The lowest BCUT2D eigenvalue weighted by Crippen LogP contribution is -2.33. The molecule has 3 unspecified atom stereocenters. The fourth-order valence-corrected chi connectivity index (χ4v) is 4.50. The smallest absolute Gasteiger partial charge is 0.404 e. The molecule has 0 amide bonds. The van der Waals surface area contributed by atoms with Gasteiger partial charge >= 0.3 is 13.5 Å². The third-order valence-corrected chi connectivity index (χ3v) is 6.07. The third kappa shape index (κ3) is 4.07. The number of nitrogens with zero attached hydrogens (tertiary/aromatic N) is 1. The molecule has 1 aromatic carbocycles. The van der Waals surface area contributed by atoms with Crippen LogP contribution in [-0.2, 0) is 25.0 Å². The van der Waals surface area contributed by atoms with E-state index in [2.05, 4.69) is 10.9 Å². The highest BCUT2D eigenvalue weighted by atomic mass is 31.2. The van der Waals surface area contributed by atoms with Gasteiger partial charge in [-0.2, -0.15) is 0 Å². The van der Waals surface area contributed by atoms with Crippen LogP contribution in [0.4, 0.5) is 0 Å². The summed E-state index contributed by atoms with van der Waals surface area (Å²) in [4.78, 5) is 25.8. The van der Waals surface area contributed by atoms with E-state index in [1.165, 1.54) is 10.8 Å². The van der Waals surface area contributed by atoms with Crippen molar-refractivity contribution in [2.75, 3.05) is 6.61 Å². The predicted octanol–water partition coefficient (Wildman–Crippen LogP) is 2.24. The van der Waals surface area contributed by atoms with Crippen molar-refractivity contribution in [2.24, 2.45) is 0 Å². The highest BCUT2D eigenvalue weighted by Gasteiger charge is 2.37. The summed E-state index contributed by atoms with van der Waals surface area (Å²) >= 11 is 0. The highest BCUT2D eigenvalue weighted by Crippen LogP contribution is 2.54. The summed E-state index contributed by atoms with van der Waals surface area (Å²) in [6.45, 7) is 2.04. The Morgan fingerprint density at radius 1 is 1.38 bits per heavy atom. The van der Waals surface area contributed by atoms with E-state index >= 15 is 0 Å². The van der Waals surface area contributed by atoms with E-state index in [-0.39, 0.29) is 18.8 Å². The van der Waals surface area contributed by atoms with Crippen molar-refractivity contribution in [2.45, 2.75) is 38.7 Å². The number of hydrogen-bond donors (Lipinski definition) is 1. The van der Waals surface area contributed by atoms with E-state index in [1.807, 2.05) is 19.1 Å². The number of hydrogen-bond acceptors (Lipinski definition) is 7. The molecule has 1 fully saturated rings. The largest absolute Gasteiger partial charge is 0.530 e. The maximum absolute atomic E-state index is 12.7. The number of rotatable bonds is 4. The zero-order valence-corrected chi connectivity index (χ0v) is 16.5. The van der Waals surface area contributed by atoms with Crippen LogP contribution in [0.1, 0.15) is 35.8 Å². The molecular formula is C19H19N2O7P. The average molecular weight is 418 g/mol. The van der Waals surface area contributed by atoms with Crippen LogP contribution in [0.25, 0.3) is 0 Å². The van der Waals surface area contributed by atoms with E-state index in [0.717, 1.165) is 11.1 Å². The first-order chi connectivity index (χ1) is 13.9. The summed E-state index contributed by atoms with van der Waals surface area (Å²) in [5.41, 5.74) is 0.657. The van der Waals surface area contributed by atoms with Crippen molar-refractivity contribution in [1.82, 2.24) is 9.55 Å². The Bertz CT molecular complexity index is 1150. The number of aromatic nitrogens is 2. The molecule has 2 aromatic rings. The molecular weight excluding hydrogens is 399 g/mol. The van der Waals surface area contributed by atoms with Crippen LogP contribution in [0.5, 0.6) is 5.75 Å². The Kier molecular flexibility index (Phi) is 5.19. The van der Waals surface area contributed by atoms with Gasteiger partial charge in [-0.25, -0.2) is 9.36 Å². The van der Waals surface area contributed by atoms with Gasteiger partial charge in [0.15, 0.2) is 0 Å². The summed E-state index contributed by atoms with van der Waals surface area (Å²) in [5.74, 6) is 2.70. The zero-order chi connectivity index (χ0) is 20.6. The molecule has 0 saturated carbocycles. The standard InChI is InChI=1S/C19H19N2O7P/c1-3-13-9-21(19(23)20-18(13)22)17-7-5-15(27-17)11-26-29(24)25-10-14-8-12(2)4-6-16(14)28-29/h1,4,6,8-9,15,17H,5,7,10-11H2,2H3,(H,20,22,23). The van der Waals surface area contributed by atoms with Gasteiger partial charge in [0.05, 0.1) is 19.3 Å². The lowest BCUT2D eigenvalue weighted by atomic mass is 10.1. The molecule has 2 aliphatic heterocycles. The molecule has 4 rings (SSSR count). The first-order valence-corrected chi connectivity index (χ1v) is 10.5. The highest BCUT2D eigenvalue weighted by molar-refractivity contribution is 7.49. The molecule has 10 heteroatoms. The molecule has 152 valence electrons. The molecule has 1 saturated heterocycles. The molecule has 9 nitrogen and oxygen atoms in total. The normalized spacial score (nSPS) is 25.8. The monoisotopic (exact) mass is 418 g/mol. The summed E-state index contributed by atoms with van der Waals surface area (Å²) in [7, 11) is -3.76. The Morgan fingerprint density at radius 3 is 3.00 bits per heavy atom. The molecule has 1 aromatic heterocycles. The molecule has 3 atom stereocenters. The number of nitrogens with one attached hydrogen (secondary N) is 1. The van der Waals surface area contributed by atoms with Gasteiger partial charge in [0.25, 0.3) is 5.56 Å². The minimum absolute atomic E-state index is 0.0327. The zero-order valence-electron chi connectivity index (χ0n) is 15.6. The van der Waals surface area contributed by atoms with Crippen molar-refractivity contribution < 1.29 is 22.9 Å². The van der Waals surface area contributed by atoms with Gasteiger partial charge in [-0.3, -0.25) is 23.4 Å². The van der Waals surface area contributed by atoms with E-state index in [1.54, 1.807) is 6.07 Å². The van der Waals surface area contributed by atoms with Crippen LogP contribution in [0.2, 0.25) is 0 Å². The second-order valence-corrected chi connectivity index (χ2v) is 8.46. The number of phosphoric ester groups is 1. The average Bonchev–Trinajstić information content (AvgIpc) is 3.16. The minimum atomic E-state index is -3.76. The Morgan fingerprint density at radius 2 is 2.21 bits per heavy atom. The SMILES string of the molecule is C#Cc1cn(C2CCC(COP3(=O)OCc4cc(C)ccc4O3)O2)c(=O)[nH]c1=O. The van der Waals surface area contributed by atoms with Crippen LogP contribution >= 0.6 is 7.82 Å². The number of H-pyrrole nitrogens is 1. The van der Waals surface area contributed by atoms with Crippen LogP contribution in [0.3, 0.4) is 0 Å². The maximum Gasteiger partial charge on any atom is 0.530 e. The molecule has 2 aliphatic rings. The van der Waals surface area contributed by atoms with Crippen LogP contribution in [0, 0.1) is 19.3 Å². The van der Waals surface area contributed by atoms with Gasteiger partial charge in [-0.05, 0) is 25.8 Å². The second kappa shape index (κ2) is 7.65. The van der Waals surface area contributed by atoms with Crippen molar-refractivity contribution >= 4 is 7.82 Å². The number of aryl methyl sites for hydroxylation is 1. The summed E-state index contributed by atoms with van der Waals surface area (Å²) in [5, 5.41) is 0. The Hall–Kier alpha value is -2.63. The molecule has 29 heavy (non-hydrogen) atoms. The maximum atomic E-state index is 12.7. The van der Waals surface area contributed by atoms with Gasteiger partial charge in [0.1, 0.15) is 17.5 Å². The minimum Gasteiger partial charge on any atom is -0.404 e. The molecule has 0 bridgehead atoms. The molecule has 3 heterocycles. The van der Waals surface area contributed by atoms with Gasteiger partial charge in [-0.15, -0.1) is 6.42 Å². The van der Waals surface area contributed by atoms with Gasteiger partial charge in [0.2, 0.25) is 0 Å². The van der Waals surface area contributed by atoms with E-state index < -0.39 is 31.4 Å². The van der Waals surface area contributed by atoms with Gasteiger partial charge in [-0.1, -0.05) is 23.6 Å². The van der Waals surface area contributed by atoms with Crippen LogP contribution in [0.15, 0.2) is 34.0 Å². The van der Waals surface area contributed by atoms with Crippen molar-refractivity contribution in [3.63, 3.8) is 0 Å². The van der Waals surface area contributed by atoms with E-state index in [0.29, 0.717) is 18.6 Å². The number of ether oxygens (including phenoxy) is 1. The second-order valence-electron chi connectivity index (χ2n) is 6.86. The van der Waals surface area contributed by atoms with Gasteiger partial charge < -0.3 is 9.26 Å². The van der Waals surface area contributed by atoms with Crippen molar-refractivity contribution in [3.05, 3.63) is 61.9 Å². The first-order valence-electron chi connectivity index (χ1n) is 9.03. The van der Waals surface area contributed by atoms with E-state index in [4.69, 9.17) is 24.7 Å².